The molecule has 0 unspecified atom stereocenters. The first-order chi connectivity index (χ1) is 34.7. The molecule has 6 heteroatoms. The maximum Gasteiger partial charge on any atom is 0.252 e. The van der Waals surface area contributed by atoms with Crippen molar-refractivity contribution in [2.45, 2.75) is 83.1 Å². The molecule has 0 saturated carbocycles. The van der Waals surface area contributed by atoms with E-state index in [-0.39, 0.29) is 20.1 Å². The van der Waals surface area contributed by atoms with E-state index in [4.69, 9.17) is 0 Å². The van der Waals surface area contributed by atoms with Crippen molar-refractivity contribution < 1.29 is 0 Å². The minimum Gasteiger partial charge on any atom is -0.312 e. The molecule has 6 aliphatic heterocycles. The monoisotopic (exact) mass is 928 g/mol. The van der Waals surface area contributed by atoms with Crippen molar-refractivity contribution in [3.05, 3.63) is 280 Å². The Kier molecular flexibility index (Phi) is 9.92. The van der Waals surface area contributed by atoms with Gasteiger partial charge in [-0.15, -0.1) is 0 Å². The highest BCUT2D eigenvalue weighted by Crippen LogP contribution is 2.55. The molecule has 72 heavy (non-hydrogen) atoms. The van der Waals surface area contributed by atoms with Gasteiger partial charge in [0.2, 0.25) is 0 Å². The Morgan fingerprint density at radius 1 is 0.194 bits per heavy atom. The predicted molar refractivity (Wildman–Crippen MR) is 312 cm³/mol. The third-order valence-electron chi connectivity index (χ3n) is 17.9. The highest BCUT2D eigenvalue weighted by atomic mass is 15.2. The lowest BCUT2D eigenvalue weighted by Gasteiger charge is -2.56. The van der Waals surface area contributed by atoms with E-state index < -0.39 is 0 Å². The van der Waals surface area contributed by atoms with E-state index in [9.17, 15) is 0 Å². The second-order valence-corrected chi connectivity index (χ2v) is 21.8. The Hall–Kier alpha value is -7.43. The average molecular weight is 928 g/mol. The van der Waals surface area contributed by atoms with E-state index in [2.05, 4.69) is 244 Å². The topological polar surface area (TPSA) is 9.72 Å². The maximum absolute atomic E-state index is 2.71. The van der Waals surface area contributed by atoms with Gasteiger partial charge in [-0.1, -0.05) is 109 Å². The molecule has 6 heterocycles. The van der Waals surface area contributed by atoms with Crippen LogP contribution >= 0.6 is 0 Å². The van der Waals surface area contributed by atoms with Crippen molar-refractivity contribution in [3.63, 3.8) is 0 Å². The van der Waals surface area contributed by atoms with E-state index >= 15 is 0 Å². The zero-order valence-corrected chi connectivity index (χ0v) is 43.9. The molecule has 0 fully saturated rings. The zero-order chi connectivity index (χ0) is 49.8. The molecule has 12 aliphatic rings. The van der Waals surface area contributed by atoms with Crippen molar-refractivity contribution >= 4 is 53.6 Å². The molecule has 348 valence electrons. The van der Waals surface area contributed by atoms with Crippen LogP contribution in [0.1, 0.15) is 83.1 Å². The second kappa shape index (κ2) is 16.0. The quantitative estimate of drug-likeness (QED) is 0.240. The Morgan fingerprint density at radius 2 is 0.333 bits per heavy atom. The molecule has 3 nitrogen and oxygen atoms in total. The fraction of sp³-hybridized carbons (Fsp3) is 0.182. The highest BCUT2D eigenvalue weighted by molar-refractivity contribution is 6.99. The Morgan fingerprint density at radius 3 is 0.486 bits per heavy atom. The van der Waals surface area contributed by atoms with Gasteiger partial charge in [-0.25, -0.2) is 0 Å². The third kappa shape index (κ3) is 6.14. The Labute approximate surface area is 428 Å². The number of rotatable bonds is 0. The number of allylic oxidation sites excluding steroid dienone is 42. The summed E-state index contributed by atoms with van der Waals surface area (Å²) in [7, 11) is 0. The lowest BCUT2D eigenvalue weighted by molar-refractivity contribution is 1.06. The van der Waals surface area contributed by atoms with E-state index in [0.717, 1.165) is 0 Å². The predicted octanol–water partition coefficient (Wildman–Crippen LogP) is 13.8. The van der Waals surface area contributed by atoms with Crippen molar-refractivity contribution in [2.24, 2.45) is 0 Å². The normalized spacial score (nSPS) is 30.0. The SMILES string of the molecule is CC1=C(C)/C=C\C2=C(C=C1)B1C3=C(/C=C\C(C)=C(\C)C=C3)N3C4=C(/C=C\C(C)=C(\C)C=C4)B4C5=C(/C=C\C(C)=C(\C)C=C5)N5C6=C(/C=C\C(C)=C(\C)C=C6)B6C7=C(/C=C\C(C)=C(\C)C=C7)N2c2c1c3c4c5c26. The van der Waals surface area contributed by atoms with Crippen LogP contribution in [0.5, 0.6) is 0 Å². The molecule has 6 aliphatic carbocycles. The fourth-order valence-corrected chi connectivity index (χ4v) is 12.7. The fourth-order valence-electron chi connectivity index (χ4n) is 12.7. The van der Waals surface area contributed by atoms with Crippen LogP contribution in [0.4, 0.5) is 17.1 Å². The summed E-state index contributed by atoms with van der Waals surface area (Å²) in [5.41, 5.74) is 38.9. The van der Waals surface area contributed by atoms with Crippen molar-refractivity contribution in [2.75, 3.05) is 14.7 Å². The van der Waals surface area contributed by atoms with Gasteiger partial charge in [-0.3, -0.25) is 0 Å². The van der Waals surface area contributed by atoms with Crippen molar-refractivity contribution in [1.82, 2.24) is 0 Å². The van der Waals surface area contributed by atoms with E-state index in [1.54, 1.807) is 0 Å². The van der Waals surface area contributed by atoms with Crippen LogP contribution < -0.4 is 31.1 Å². The first-order valence-corrected chi connectivity index (χ1v) is 26.0. The van der Waals surface area contributed by atoms with Gasteiger partial charge in [0.1, 0.15) is 0 Å². The Bertz CT molecular complexity index is 2890. The standard InChI is InChI=1S/C66H60B3N3/c1-37-13-25-49-55(31-19-43(37)7)70-57-33-21-45(9)39(3)15-27-51(57)68-53-29-17-41(5)47(11)23-35-59(53)72-60-36-24-48(12)42(6)18-30-54(60)69-52-28-16-40(4)46(10)22-34-58(52)71-56-32-20-44(8)38(2)14-26-50(56)67(49)61-64(70)62(68)66(72)63(69)65(61)71/h13-36H,1-12H3/b25-13-,26-14?,27-15?,28-16-,29-17?,30-18?,31-19?,32-20-,33-21-,34-22?,35-23-,36-24-,37-13?,38-14?,39-15?,40-16?,41-17?,42-18?,43-19?,43-37-,44-20?,44-38-,45-21?,45-39-,46-22?,46-40-,47-23?,47-41?,48-24?,48-42-,49-25?,50-26?,51-27?,52-28?,53-29?,54-30?,55-31?,56-32?,57-33?,58-34?,59-35?,60-36?. The molecule has 1 aromatic carbocycles. The lowest BCUT2D eigenvalue weighted by Crippen LogP contribution is -2.66. The minimum absolute atomic E-state index is 0.0619. The summed E-state index contributed by atoms with van der Waals surface area (Å²) in [5.74, 6) is 0. The number of fused-ring (bicyclic) bond motifs is 12. The summed E-state index contributed by atoms with van der Waals surface area (Å²) in [6.45, 7) is 26.9. The van der Waals surface area contributed by atoms with Gasteiger partial charge in [0, 0.05) is 51.2 Å². The summed E-state index contributed by atoms with van der Waals surface area (Å²) in [4.78, 5) is 8.13. The van der Waals surface area contributed by atoms with Crippen LogP contribution in [0.2, 0.25) is 0 Å². The number of hydrogen-bond acceptors (Lipinski definition) is 3. The number of anilines is 3. The summed E-state index contributed by atoms with van der Waals surface area (Å²) in [6, 6.07) is 0. The first-order valence-electron chi connectivity index (χ1n) is 26.0. The maximum atomic E-state index is 2.71. The number of hydrogen-bond donors (Lipinski definition) is 0. The first kappa shape index (κ1) is 44.5. The molecular formula is C66H60B3N3. The van der Waals surface area contributed by atoms with Crippen LogP contribution in [-0.2, 0) is 0 Å². The minimum atomic E-state index is -0.0619. The van der Waals surface area contributed by atoms with E-state index in [0.29, 0.717) is 0 Å². The lowest BCUT2D eigenvalue weighted by atomic mass is 9.24. The number of benzene rings is 1. The third-order valence-corrected chi connectivity index (χ3v) is 17.9. The van der Waals surface area contributed by atoms with Crippen molar-refractivity contribution in [3.8, 4) is 0 Å². The summed E-state index contributed by atoms with van der Waals surface area (Å²) in [5, 5.41) is 0. The largest absolute Gasteiger partial charge is 0.312 e. The van der Waals surface area contributed by atoms with Gasteiger partial charge in [-0.05, 0) is 236 Å². The smallest absolute Gasteiger partial charge is 0.252 e. The van der Waals surface area contributed by atoms with E-state index in [1.807, 2.05) is 0 Å². The molecule has 0 radical (unpaired) electrons. The van der Waals surface area contributed by atoms with Crippen LogP contribution in [0.3, 0.4) is 0 Å². The molecule has 0 amide bonds. The average Bonchev–Trinajstić information content (AvgIpc) is 3.36. The van der Waals surface area contributed by atoms with Gasteiger partial charge < -0.3 is 14.7 Å². The van der Waals surface area contributed by atoms with Gasteiger partial charge in [0.15, 0.2) is 0 Å². The van der Waals surface area contributed by atoms with Crippen LogP contribution in [0, 0.1) is 0 Å². The molecule has 0 bridgehead atoms. The summed E-state index contributed by atoms with van der Waals surface area (Å²) >= 11 is 0. The Balaban J connectivity index is 1.28. The molecule has 0 N–H and O–H groups in total. The van der Waals surface area contributed by atoms with Crippen LogP contribution in [0.15, 0.2) is 280 Å². The molecule has 0 spiro atoms. The zero-order valence-electron chi connectivity index (χ0n) is 43.9. The molecule has 13 rings (SSSR count). The summed E-state index contributed by atoms with van der Waals surface area (Å²) in [6.07, 6.45) is 58.1. The van der Waals surface area contributed by atoms with Gasteiger partial charge in [0.25, 0.3) is 20.1 Å². The molecule has 0 saturated heterocycles. The number of nitrogens with zero attached hydrogens (tertiary/aromatic N) is 3. The summed E-state index contributed by atoms with van der Waals surface area (Å²) < 4.78 is 0. The molecule has 1 aromatic rings. The van der Waals surface area contributed by atoms with Gasteiger partial charge >= 0.3 is 0 Å². The molecular weight excluding hydrogens is 867 g/mol. The second-order valence-electron chi connectivity index (χ2n) is 21.8. The van der Waals surface area contributed by atoms with Gasteiger partial charge in [0.05, 0.1) is 0 Å². The van der Waals surface area contributed by atoms with Crippen molar-refractivity contribution in [1.29, 1.82) is 0 Å². The molecule has 0 atom stereocenters. The van der Waals surface area contributed by atoms with Crippen LogP contribution in [0.25, 0.3) is 0 Å². The van der Waals surface area contributed by atoms with Crippen LogP contribution in [-0.4, -0.2) is 20.1 Å². The van der Waals surface area contributed by atoms with E-state index in [1.165, 1.54) is 167 Å². The van der Waals surface area contributed by atoms with Gasteiger partial charge in [-0.2, -0.15) is 0 Å². The highest BCUT2D eigenvalue weighted by Gasteiger charge is 2.58. The molecule has 0 aromatic heterocycles.